The van der Waals surface area contributed by atoms with E-state index in [9.17, 15) is 0 Å². The minimum Gasteiger partial charge on any atom is -0.414 e. The molecule has 2 heterocycles. The summed E-state index contributed by atoms with van der Waals surface area (Å²) in [4.78, 5) is 0.331. The second kappa shape index (κ2) is 9.61. The molecule has 0 amide bonds. The lowest BCUT2D eigenvalue weighted by molar-refractivity contribution is 0.478. The summed E-state index contributed by atoms with van der Waals surface area (Å²) in [6.45, 7) is 6.69. The zero-order valence-electron chi connectivity index (χ0n) is 15.8. The number of hydrogen-bond acceptors (Lipinski definition) is 7. The van der Waals surface area contributed by atoms with Gasteiger partial charge in [-0.1, -0.05) is 68.1 Å². The van der Waals surface area contributed by atoms with Crippen molar-refractivity contribution in [2.45, 2.75) is 50.3 Å². The standard InChI is InChI=1S/C19H24N4OS3/c1-12(2)11-14-6-8-15(9-7-14)13(3)17-21-23-19(27-17)26-10-4-5-16-20-22-18(25)24-16/h6-9,12-13H,4-5,10-11H2,1-3H3,(H,22,25). The first-order valence-electron chi connectivity index (χ1n) is 9.10. The molecule has 0 spiro atoms. The number of aromatic amines is 1. The van der Waals surface area contributed by atoms with Gasteiger partial charge in [-0.05, 0) is 42.1 Å². The largest absolute Gasteiger partial charge is 0.414 e. The molecule has 0 aliphatic rings. The molecule has 3 rings (SSSR count). The maximum absolute atomic E-state index is 5.26. The van der Waals surface area contributed by atoms with Crippen molar-refractivity contribution in [2.75, 3.05) is 5.75 Å². The topological polar surface area (TPSA) is 67.6 Å². The smallest absolute Gasteiger partial charge is 0.284 e. The zero-order valence-corrected chi connectivity index (χ0v) is 18.2. The number of aromatic nitrogens is 4. The van der Waals surface area contributed by atoms with Gasteiger partial charge >= 0.3 is 0 Å². The van der Waals surface area contributed by atoms with Gasteiger partial charge in [-0.2, -0.15) is 0 Å². The molecule has 1 unspecified atom stereocenters. The van der Waals surface area contributed by atoms with Crippen molar-refractivity contribution in [3.63, 3.8) is 0 Å². The van der Waals surface area contributed by atoms with Crippen LogP contribution in [0.2, 0.25) is 0 Å². The van der Waals surface area contributed by atoms with E-state index >= 15 is 0 Å². The van der Waals surface area contributed by atoms with Crippen LogP contribution in [-0.4, -0.2) is 26.1 Å². The Morgan fingerprint density at radius 2 is 1.96 bits per heavy atom. The highest BCUT2D eigenvalue weighted by Crippen LogP contribution is 2.31. The molecule has 1 N–H and O–H groups in total. The third-order valence-electron chi connectivity index (χ3n) is 4.16. The van der Waals surface area contributed by atoms with Crippen molar-refractivity contribution < 1.29 is 4.42 Å². The van der Waals surface area contributed by atoms with Crippen molar-refractivity contribution >= 4 is 35.3 Å². The maximum atomic E-state index is 5.26. The molecule has 1 atom stereocenters. The Hall–Kier alpha value is -1.51. The number of rotatable bonds is 9. The van der Waals surface area contributed by atoms with Crippen LogP contribution in [0.25, 0.3) is 0 Å². The molecule has 0 aliphatic heterocycles. The number of nitrogens with one attached hydrogen (secondary N) is 1. The summed E-state index contributed by atoms with van der Waals surface area (Å²) in [5, 5.41) is 16.5. The van der Waals surface area contributed by atoms with E-state index in [2.05, 4.69) is 65.4 Å². The predicted octanol–water partition coefficient (Wildman–Crippen LogP) is 5.66. The van der Waals surface area contributed by atoms with Gasteiger partial charge < -0.3 is 4.42 Å². The van der Waals surface area contributed by atoms with Crippen molar-refractivity contribution in [1.82, 2.24) is 20.4 Å². The second-order valence-corrected chi connectivity index (χ2v) is 9.65. The summed E-state index contributed by atoms with van der Waals surface area (Å²) in [5.41, 5.74) is 2.68. The molecule has 27 heavy (non-hydrogen) atoms. The Balaban J connectivity index is 1.51. The third-order valence-corrected chi connectivity index (χ3v) is 6.66. The highest BCUT2D eigenvalue weighted by atomic mass is 32.2. The van der Waals surface area contributed by atoms with E-state index in [-0.39, 0.29) is 5.92 Å². The van der Waals surface area contributed by atoms with Gasteiger partial charge in [0.25, 0.3) is 4.84 Å². The molecule has 8 heteroatoms. The van der Waals surface area contributed by atoms with Crippen LogP contribution in [0.5, 0.6) is 0 Å². The Kier molecular flexibility index (Phi) is 7.20. The highest BCUT2D eigenvalue weighted by molar-refractivity contribution is 8.01. The molecule has 0 bridgehead atoms. The summed E-state index contributed by atoms with van der Waals surface area (Å²) in [6, 6.07) is 8.91. The monoisotopic (exact) mass is 420 g/mol. The first-order valence-corrected chi connectivity index (χ1v) is 11.3. The summed E-state index contributed by atoms with van der Waals surface area (Å²) < 4.78 is 6.27. The first kappa shape index (κ1) is 20.2. The van der Waals surface area contributed by atoms with Crippen LogP contribution in [0.4, 0.5) is 0 Å². The minimum atomic E-state index is 0.262. The van der Waals surface area contributed by atoms with E-state index in [4.69, 9.17) is 16.6 Å². The van der Waals surface area contributed by atoms with E-state index in [1.807, 2.05) is 0 Å². The molecule has 2 aromatic heterocycles. The van der Waals surface area contributed by atoms with Crippen molar-refractivity contribution in [3.05, 3.63) is 51.1 Å². The molecular formula is C19H24N4OS3. The van der Waals surface area contributed by atoms with Crippen molar-refractivity contribution in [1.29, 1.82) is 0 Å². The lowest BCUT2D eigenvalue weighted by atomic mass is 9.97. The van der Waals surface area contributed by atoms with Gasteiger partial charge in [0.2, 0.25) is 5.89 Å². The molecule has 144 valence electrons. The fraction of sp³-hybridized carbons (Fsp3) is 0.474. The lowest BCUT2D eigenvalue weighted by Crippen LogP contribution is -1.98. The van der Waals surface area contributed by atoms with E-state index in [0.717, 1.165) is 34.4 Å². The molecular weight excluding hydrogens is 396 g/mol. The van der Waals surface area contributed by atoms with Crippen LogP contribution in [0.3, 0.4) is 0 Å². The van der Waals surface area contributed by atoms with Crippen LogP contribution in [0, 0.1) is 10.8 Å². The number of benzene rings is 1. The van der Waals surface area contributed by atoms with Crippen LogP contribution < -0.4 is 0 Å². The van der Waals surface area contributed by atoms with Gasteiger partial charge in [-0.15, -0.1) is 15.3 Å². The Labute approximate surface area is 173 Å². The average molecular weight is 421 g/mol. The van der Waals surface area contributed by atoms with Gasteiger partial charge in [0.05, 0.1) is 0 Å². The van der Waals surface area contributed by atoms with Gasteiger partial charge in [-0.3, -0.25) is 0 Å². The van der Waals surface area contributed by atoms with E-state index in [1.165, 1.54) is 11.1 Å². The van der Waals surface area contributed by atoms with Crippen molar-refractivity contribution in [3.8, 4) is 0 Å². The van der Waals surface area contributed by atoms with Crippen LogP contribution in [0.15, 0.2) is 33.0 Å². The molecule has 0 saturated heterocycles. The van der Waals surface area contributed by atoms with Gasteiger partial charge in [0.15, 0.2) is 4.34 Å². The first-order chi connectivity index (χ1) is 13.0. The average Bonchev–Trinajstić information content (AvgIpc) is 3.27. The van der Waals surface area contributed by atoms with Crippen LogP contribution in [0.1, 0.15) is 55.1 Å². The number of aryl methyl sites for hydroxylation is 1. The van der Waals surface area contributed by atoms with Crippen LogP contribution in [-0.2, 0) is 12.8 Å². The fourth-order valence-electron chi connectivity index (χ4n) is 2.76. The summed E-state index contributed by atoms with van der Waals surface area (Å²) in [6.07, 6.45) is 2.84. The van der Waals surface area contributed by atoms with E-state index in [0.29, 0.717) is 16.6 Å². The molecule has 0 fully saturated rings. The SMILES string of the molecule is CC(C)Cc1ccc(C(C)c2nnc(SCCCc3n[nH]c(=S)o3)s2)cc1. The molecule has 0 aliphatic carbocycles. The minimum absolute atomic E-state index is 0.262. The normalized spacial score (nSPS) is 12.6. The van der Waals surface area contributed by atoms with Gasteiger partial charge in [0.1, 0.15) is 5.01 Å². The van der Waals surface area contributed by atoms with E-state index < -0.39 is 0 Å². The Morgan fingerprint density at radius 1 is 1.19 bits per heavy atom. The van der Waals surface area contributed by atoms with Gasteiger partial charge in [-0.25, -0.2) is 5.10 Å². The summed E-state index contributed by atoms with van der Waals surface area (Å²) in [5.74, 6) is 2.55. The Bertz CT molecular complexity index is 898. The predicted molar refractivity (Wildman–Crippen MR) is 113 cm³/mol. The molecule has 0 saturated carbocycles. The summed E-state index contributed by atoms with van der Waals surface area (Å²) in [7, 11) is 0. The lowest BCUT2D eigenvalue weighted by Gasteiger charge is -2.10. The maximum Gasteiger partial charge on any atom is 0.284 e. The molecule has 1 aromatic carbocycles. The number of H-pyrrole nitrogens is 1. The number of nitrogens with zero attached hydrogens (tertiary/aromatic N) is 3. The molecule has 3 aromatic rings. The number of thioether (sulfide) groups is 1. The van der Waals surface area contributed by atoms with Gasteiger partial charge in [0, 0.05) is 18.1 Å². The number of hydrogen-bond donors (Lipinski definition) is 1. The third kappa shape index (κ3) is 5.99. The zero-order chi connectivity index (χ0) is 19.2. The summed E-state index contributed by atoms with van der Waals surface area (Å²) >= 11 is 8.28. The van der Waals surface area contributed by atoms with Crippen LogP contribution >= 0.6 is 35.3 Å². The highest BCUT2D eigenvalue weighted by Gasteiger charge is 2.15. The van der Waals surface area contributed by atoms with Crippen molar-refractivity contribution in [2.24, 2.45) is 5.92 Å². The molecule has 5 nitrogen and oxygen atoms in total. The second-order valence-electron chi connectivity index (χ2n) is 6.93. The molecule has 0 radical (unpaired) electrons. The van der Waals surface area contributed by atoms with E-state index in [1.54, 1.807) is 23.1 Å². The quantitative estimate of drug-likeness (QED) is 0.274. The fourth-order valence-corrected chi connectivity index (χ4v) is 4.86. The Morgan fingerprint density at radius 3 is 2.63 bits per heavy atom.